The number of pyridine rings is 1. The number of hydrogen-bond acceptors (Lipinski definition) is 3. The first-order valence-electron chi connectivity index (χ1n) is 5.82. The monoisotopic (exact) mass is 261 g/mol. The zero-order chi connectivity index (χ0) is 13.0. The van der Waals surface area contributed by atoms with Gasteiger partial charge in [0.2, 0.25) is 0 Å². The number of aromatic nitrogens is 1. The molecule has 0 aliphatic rings. The molecule has 2 rings (SSSR count). The van der Waals surface area contributed by atoms with Crippen LogP contribution in [0.2, 0.25) is 5.02 Å². The normalized spacial score (nSPS) is 12.3. The highest BCUT2D eigenvalue weighted by molar-refractivity contribution is 6.30. The molecule has 0 aliphatic carbocycles. The Morgan fingerprint density at radius 3 is 2.61 bits per heavy atom. The van der Waals surface area contributed by atoms with Gasteiger partial charge in [0, 0.05) is 34.7 Å². The lowest BCUT2D eigenvalue weighted by Crippen LogP contribution is -2.20. The van der Waals surface area contributed by atoms with Crippen molar-refractivity contribution in [2.45, 2.75) is 12.5 Å². The molecule has 0 radical (unpaired) electrons. The molecule has 4 heteroatoms. The van der Waals surface area contributed by atoms with Crippen molar-refractivity contribution in [2.75, 3.05) is 12.8 Å². The highest BCUT2D eigenvalue weighted by Gasteiger charge is 2.13. The van der Waals surface area contributed by atoms with Gasteiger partial charge in [-0.25, -0.2) is 0 Å². The van der Waals surface area contributed by atoms with Crippen molar-refractivity contribution in [3.63, 3.8) is 0 Å². The van der Waals surface area contributed by atoms with Crippen LogP contribution in [0.5, 0.6) is 0 Å². The zero-order valence-corrected chi connectivity index (χ0v) is 11.0. The van der Waals surface area contributed by atoms with Gasteiger partial charge in [-0.1, -0.05) is 23.7 Å². The molecule has 18 heavy (non-hydrogen) atoms. The van der Waals surface area contributed by atoms with E-state index in [-0.39, 0.29) is 6.04 Å². The Hall–Kier alpha value is -1.58. The molecule has 2 aromatic rings. The third-order valence-corrected chi connectivity index (χ3v) is 3.22. The van der Waals surface area contributed by atoms with Crippen LogP contribution in [-0.2, 0) is 6.42 Å². The van der Waals surface area contributed by atoms with Gasteiger partial charge < -0.3 is 11.1 Å². The molecule has 1 unspecified atom stereocenters. The van der Waals surface area contributed by atoms with E-state index in [1.165, 1.54) is 5.56 Å². The maximum atomic E-state index is 5.97. The minimum Gasteiger partial charge on any atom is -0.398 e. The number of hydrogen-bond donors (Lipinski definition) is 2. The van der Waals surface area contributed by atoms with Crippen molar-refractivity contribution < 1.29 is 0 Å². The van der Waals surface area contributed by atoms with Gasteiger partial charge in [0.25, 0.3) is 0 Å². The third kappa shape index (κ3) is 3.00. The van der Waals surface area contributed by atoms with Crippen LogP contribution in [0.25, 0.3) is 0 Å². The smallest absolute Gasteiger partial charge is 0.0406 e. The lowest BCUT2D eigenvalue weighted by molar-refractivity contribution is 0.592. The van der Waals surface area contributed by atoms with E-state index in [9.17, 15) is 0 Å². The van der Waals surface area contributed by atoms with Crippen molar-refractivity contribution in [1.82, 2.24) is 10.3 Å². The highest BCUT2D eigenvalue weighted by Crippen LogP contribution is 2.23. The summed E-state index contributed by atoms with van der Waals surface area (Å²) in [4.78, 5) is 4.13. The average Bonchev–Trinajstić information content (AvgIpc) is 2.39. The van der Waals surface area contributed by atoms with E-state index in [4.69, 9.17) is 17.3 Å². The molecule has 3 N–H and O–H groups in total. The molecule has 0 saturated carbocycles. The first-order valence-corrected chi connectivity index (χ1v) is 6.19. The number of rotatable bonds is 4. The van der Waals surface area contributed by atoms with E-state index in [1.807, 2.05) is 43.6 Å². The fourth-order valence-electron chi connectivity index (χ4n) is 1.93. The number of nitrogen functional groups attached to an aromatic ring is 1. The zero-order valence-electron chi connectivity index (χ0n) is 10.2. The largest absolute Gasteiger partial charge is 0.398 e. The summed E-state index contributed by atoms with van der Waals surface area (Å²) in [7, 11) is 1.92. The van der Waals surface area contributed by atoms with Gasteiger partial charge in [0.15, 0.2) is 0 Å². The molecular formula is C14H16ClN3. The van der Waals surface area contributed by atoms with Crippen LogP contribution in [0.1, 0.15) is 17.2 Å². The minimum atomic E-state index is 0.153. The van der Waals surface area contributed by atoms with E-state index < -0.39 is 0 Å². The van der Waals surface area contributed by atoms with E-state index in [0.717, 1.165) is 22.7 Å². The van der Waals surface area contributed by atoms with Crippen LogP contribution in [0.3, 0.4) is 0 Å². The molecule has 1 aromatic carbocycles. The van der Waals surface area contributed by atoms with Crippen LogP contribution in [0, 0.1) is 0 Å². The predicted molar refractivity (Wildman–Crippen MR) is 75.6 cm³/mol. The lowest BCUT2D eigenvalue weighted by atomic mass is 9.99. The molecule has 1 aromatic heterocycles. The Labute approximate surface area is 112 Å². The van der Waals surface area contributed by atoms with Crippen molar-refractivity contribution in [2.24, 2.45) is 0 Å². The second kappa shape index (κ2) is 5.85. The molecule has 94 valence electrons. The SMILES string of the molecule is CNC(Cc1ccc(Cl)cc1)c1cnccc1N. The number of nitrogens with one attached hydrogen (secondary N) is 1. The molecule has 1 atom stereocenters. The summed E-state index contributed by atoms with van der Waals surface area (Å²) in [6, 6.07) is 9.83. The van der Waals surface area contributed by atoms with Crippen LogP contribution in [-0.4, -0.2) is 12.0 Å². The fourth-order valence-corrected chi connectivity index (χ4v) is 2.06. The van der Waals surface area contributed by atoms with E-state index in [2.05, 4.69) is 10.3 Å². The maximum absolute atomic E-state index is 5.97. The van der Waals surface area contributed by atoms with Crippen molar-refractivity contribution in [1.29, 1.82) is 0 Å². The highest BCUT2D eigenvalue weighted by atomic mass is 35.5. The minimum absolute atomic E-state index is 0.153. The van der Waals surface area contributed by atoms with Gasteiger partial charge >= 0.3 is 0 Å². The maximum Gasteiger partial charge on any atom is 0.0406 e. The Morgan fingerprint density at radius 1 is 1.28 bits per heavy atom. The number of likely N-dealkylation sites (N-methyl/N-ethyl adjacent to an activating group) is 1. The molecule has 0 amide bonds. The third-order valence-electron chi connectivity index (χ3n) is 2.96. The first kappa shape index (κ1) is 12.9. The summed E-state index contributed by atoms with van der Waals surface area (Å²) < 4.78 is 0. The van der Waals surface area contributed by atoms with Gasteiger partial charge in [-0.05, 0) is 37.2 Å². The van der Waals surface area contributed by atoms with Gasteiger partial charge in [-0.15, -0.1) is 0 Å². The molecule has 0 aliphatic heterocycles. The second-order valence-electron chi connectivity index (χ2n) is 4.18. The predicted octanol–water partition coefficient (Wildman–Crippen LogP) is 2.82. The van der Waals surface area contributed by atoms with Crippen LogP contribution < -0.4 is 11.1 Å². The Bertz CT molecular complexity index is 511. The van der Waals surface area contributed by atoms with Crippen LogP contribution >= 0.6 is 11.6 Å². The summed E-state index contributed by atoms with van der Waals surface area (Å²) in [5.41, 5.74) is 8.97. The average molecular weight is 262 g/mol. The van der Waals surface area contributed by atoms with E-state index >= 15 is 0 Å². The van der Waals surface area contributed by atoms with Gasteiger partial charge in [0.1, 0.15) is 0 Å². The summed E-state index contributed by atoms with van der Waals surface area (Å²) in [5, 5.41) is 4.02. The first-order chi connectivity index (χ1) is 8.70. The molecule has 1 heterocycles. The number of nitrogens with zero attached hydrogens (tertiary/aromatic N) is 1. The second-order valence-corrected chi connectivity index (χ2v) is 4.61. The molecule has 0 bridgehead atoms. The number of nitrogens with two attached hydrogens (primary N) is 1. The molecular weight excluding hydrogens is 246 g/mol. The Morgan fingerprint density at radius 2 is 2.00 bits per heavy atom. The van der Waals surface area contributed by atoms with E-state index in [0.29, 0.717) is 0 Å². The Balaban J connectivity index is 2.20. The van der Waals surface area contributed by atoms with Crippen molar-refractivity contribution in [3.05, 3.63) is 58.9 Å². The molecule has 0 saturated heterocycles. The quantitative estimate of drug-likeness (QED) is 0.890. The summed E-state index contributed by atoms with van der Waals surface area (Å²) in [5.74, 6) is 0. The molecule has 0 fully saturated rings. The number of halogens is 1. The summed E-state index contributed by atoms with van der Waals surface area (Å²) in [6.07, 6.45) is 4.36. The van der Waals surface area contributed by atoms with Gasteiger partial charge in [-0.2, -0.15) is 0 Å². The van der Waals surface area contributed by atoms with E-state index in [1.54, 1.807) is 6.20 Å². The fraction of sp³-hybridized carbons (Fsp3) is 0.214. The number of anilines is 1. The molecule has 3 nitrogen and oxygen atoms in total. The lowest BCUT2D eigenvalue weighted by Gasteiger charge is -2.18. The standard InChI is InChI=1S/C14H16ClN3/c1-17-14(12-9-18-7-6-13(12)16)8-10-2-4-11(15)5-3-10/h2-7,9,14,17H,8H2,1H3,(H2,16,18). The summed E-state index contributed by atoms with van der Waals surface area (Å²) >= 11 is 5.88. The topological polar surface area (TPSA) is 50.9 Å². The van der Waals surface area contributed by atoms with Crippen LogP contribution in [0.4, 0.5) is 5.69 Å². The van der Waals surface area contributed by atoms with Gasteiger partial charge in [-0.3, -0.25) is 4.98 Å². The Kier molecular flexibility index (Phi) is 4.18. The van der Waals surface area contributed by atoms with Crippen LogP contribution in [0.15, 0.2) is 42.7 Å². The summed E-state index contributed by atoms with van der Waals surface area (Å²) in [6.45, 7) is 0. The van der Waals surface area contributed by atoms with Crippen molar-refractivity contribution in [3.8, 4) is 0 Å². The van der Waals surface area contributed by atoms with Crippen molar-refractivity contribution >= 4 is 17.3 Å². The molecule has 0 spiro atoms. The number of benzene rings is 1. The van der Waals surface area contributed by atoms with Gasteiger partial charge in [0.05, 0.1) is 0 Å².